The van der Waals surface area contributed by atoms with Crippen LogP contribution in [0, 0.1) is 11.8 Å². The van der Waals surface area contributed by atoms with E-state index in [2.05, 4.69) is 47.4 Å². The van der Waals surface area contributed by atoms with Gasteiger partial charge in [0.25, 0.3) is 0 Å². The Labute approximate surface area is 126 Å². The minimum Gasteiger partial charge on any atom is -0.323 e. The van der Waals surface area contributed by atoms with E-state index in [1.165, 1.54) is 48.7 Å². The van der Waals surface area contributed by atoms with E-state index < -0.39 is 0 Å². The summed E-state index contributed by atoms with van der Waals surface area (Å²) in [6.45, 7) is 3.54. The van der Waals surface area contributed by atoms with Gasteiger partial charge in [0.1, 0.15) is 0 Å². The number of benzene rings is 2. The molecule has 21 heavy (non-hydrogen) atoms. The van der Waals surface area contributed by atoms with Crippen LogP contribution in [-0.4, -0.2) is 24.5 Å². The molecule has 1 aliphatic heterocycles. The van der Waals surface area contributed by atoms with E-state index in [0.29, 0.717) is 0 Å². The first-order valence-electron chi connectivity index (χ1n) is 8.26. The van der Waals surface area contributed by atoms with Crippen molar-refractivity contribution in [3.63, 3.8) is 0 Å². The largest absolute Gasteiger partial charge is 0.323 e. The maximum atomic E-state index is 6.47. The Morgan fingerprint density at radius 2 is 1.71 bits per heavy atom. The van der Waals surface area contributed by atoms with Crippen molar-refractivity contribution in [1.29, 1.82) is 0 Å². The van der Waals surface area contributed by atoms with Gasteiger partial charge in [-0.1, -0.05) is 42.8 Å². The molecule has 0 amide bonds. The second kappa shape index (κ2) is 5.43. The van der Waals surface area contributed by atoms with Crippen molar-refractivity contribution in [3.8, 4) is 0 Å². The van der Waals surface area contributed by atoms with Crippen LogP contribution in [0.5, 0.6) is 0 Å². The van der Waals surface area contributed by atoms with Gasteiger partial charge >= 0.3 is 0 Å². The molecule has 1 heterocycles. The molecule has 0 aromatic heterocycles. The smallest absolute Gasteiger partial charge is 0.0424 e. The van der Waals surface area contributed by atoms with Gasteiger partial charge in [-0.3, -0.25) is 0 Å². The maximum Gasteiger partial charge on any atom is 0.0424 e. The minimum atomic E-state index is 0.133. The average molecular weight is 280 g/mol. The lowest BCUT2D eigenvalue weighted by Crippen LogP contribution is -2.31. The number of hydrogen-bond donors (Lipinski definition) is 1. The lowest BCUT2D eigenvalue weighted by Gasteiger charge is -2.22. The molecule has 0 spiro atoms. The normalized spacial score (nSPS) is 27.1. The predicted molar refractivity (Wildman–Crippen MR) is 88.1 cm³/mol. The Morgan fingerprint density at radius 1 is 1.00 bits per heavy atom. The first-order chi connectivity index (χ1) is 10.3. The Morgan fingerprint density at radius 3 is 2.48 bits per heavy atom. The topological polar surface area (TPSA) is 29.3 Å². The number of nitrogens with zero attached hydrogens (tertiary/aromatic N) is 1. The predicted octanol–water partition coefficient (Wildman–Crippen LogP) is 3.57. The summed E-state index contributed by atoms with van der Waals surface area (Å²) in [5.74, 6) is 1.91. The Bertz CT molecular complexity index is 624. The monoisotopic (exact) mass is 280 g/mol. The number of rotatable bonds is 3. The van der Waals surface area contributed by atoms with E-state index in [1.807, 2.05) is 0 Å². The Kier molecular flexibility index (Phi) is 3.44. The molecule has 0 bridgehead atoms. The van der Waals surface area contributed by atoms with E-state index in [1.54, 1.807) is 0 Å². The van der Waals surface area contributed by atoms with Crippen molar-refractivity contribution < 1.29 is 0 Å². The lowest BCUT2D eigenvalue weighted by atomic mass is 10.0. The van der Waals surface area contributed by atoms with Crippen LogP contribution >= 0.6 is 0 Å². The highest BCUT2D eigenvalue weighted by Crippen LogP contribution is 2.38. The second-order valence-electron chi connectivity index (χ2n) is 6.88. The molecule has 3 atom stereocenters. The molecule has 3 unspecified atom stereocenters. The molecule has 2 fully saturated rings. The summed E-state index contributed by atoms with van der Waals surface area (Å²) in [4.78, 5) is 2.59. The van der Waals surface area contributed by atoms with Crippen molar-refractivity contribution in [1.82, 2.24) is 4.90 Å². The molecular weight excluding hydrogens is 256 g/mol. The van der Waals surface area contributed by atoms with Crippen molar-refractivity contribution >= 4 is 10.8 Å². The third-order valence-electron chi connectivity index (χ3n) is 5.46. The summed E-state index contributed by atoms with van der Waals surface area (Å²) in [5, 5.41) is 2.59. The maximum absolute atomic E-state index is 6.47. The van der Waals surface area contributed by atoms with E-state index in [0.717, 1.165) is 18.4 Å². The highest BCUT2D eigenvalue weighted by Gasteiger charge is 2.36. The molecular formula is C19H24N2. The number of nitrogens with two attached hydrogens (primary N) is 1. The zero-order chi connectivity index (χ0) is 14.2. The van der Waals surface area contributed by atoms with Crippen LogP contribution in [0.3, 0.4) is 0 Å². The van der Waals surface area contributed by atoms with Gasteiger partial charge in [0.05, 0.1) is 0 Å². The molecule has 2 heteroatoms. The molecule has 2 N–H and O–H groups in total. The molecule has 110 valence electrons. The minimum absolute atomic E-state index is 0.133. The van der Waals surface area contributed by atoms with Crippen LogP contribution in [0.1, 0.15) is 30.9 Å². The Balaban J connectivity index is 1.47. The van der Waals surface area contributed by atoms with Crippen molar-refractivity contribution in [2.45, 2.75) is 25.3 Å². The number of fused-ring (bicyclic) bond motifs is 2. The Hall–Kier alpha value is -1.38. The summed E-state index contributed by atoms with van der Waals surface area (Å²) in [5.41, 5.74) is 7.74. The van der Waals surface area contributed by atoms with Crippen LogP contribution in [0.4, 0.5) is 0 Å². The number of hydrogen-bond acceptors (Lipinski definition) is 2. The molecule has 2 aliphatic rings. The van der Waals surface area contributed by atoms with Crippen molar-refractivity contribution in [2.75, 3.05) is 19.6 Å². The molecule has 2 aromatic carbocycles. The third kappa shape index (κ3) is 2.58. The van der Waals surface area contributed by atoms with Crippen molar-refractivity contribution in [3.05, 3.63) is 48.0 Å². The molecule has 2 aromatic rings. The van der Waals surface area contributed by atoms with Gasteiger partial charge in [0, 0.05) is 25.7 Å². The van der Waals surface area contributed by atoms with Crippen LogP contribution in [0.25, 0.3) is 10.8 Å². The van der Waals surface area contributed by atoms with Crippen LogP contribution in [-0.2, 0) is 0 Å². The van der Waals surface area contributed by atoms with Gasteiger partial charge in [0.2, 0.25) is 0 Å². The van der Waals surface area contributed by atoms with Crippen LogP contribution in [0.2, 0.25) is 0 Å². The summed E-state index contributed by atoms with van der Waals surface area (Å²) in [6, 6.07) is 15.3. The quantitative estimate of drug-likeness (QED) is 0.931. The van der Waals surface area contributed by atoms with Gasteiger partial charge in [-0.2, -0.15) is 0 Å². The van der Waals surface area contributed by atoms with Gasteiger partial charge in [0.15, 0.2) is 0 Å². The first-order valence-corrected chi connectivity index (χ1v) is 8.26. The molecule has 1 aliphatic carbocycles. The highest BCUT2D eigenvalue weighted by atomic mass is 15.2. The van der Waals surface area contributed by atoms with Crippen molar-refractivity contribution in [2.24, 2.45) is 17.6 Å². The summed E-state index contributed by atoms with van der Waals surface area (Å²) < 4.78 is 0. The molecule has 0 radical (unpaired) electrons. The van der Waals surface area contributed by atoms with E-state index in [4.69, 9.17) is 5.73 Å². The SMILES string of the molecule is NC(CN1CC2CCCC2C1)c1ccc2ccccc2c1. The zero-order valence-electron chi connectivity index (χ0n) is 12.5. The fourth-order valence-electron chi connectivity index (χ4n) is 4.30. The summed E-state index contributed by atoms with van der Waals surface area (Å²) in [6.07, 6.45) is 4.32. The van der Waals surface area contributed by atoms with E-state index in [9.17, 15) is 0 Å². The summed E-state index contributed by atoms with van der Waals surface area (Å²) in [7, 11) is 0. The first kappa shape index (κ1) is 13.3. The molecule has 1 saturated carbocycles. The van der Waals surface area contributed by atoms with Gasteiger partial charge in [-0.05, 0) is 47.1 Å². The second-order valence-corrected chi connectivity index (χ2v) is 6.88. The zero-order valence-corrected chi connectivity index (χ0v) is 12.5. The third-order valence-corrected chi connectivity index (χ3v) is 5.46. The van der Waals surface area contributed by atoms with Crippen LogP contribution < -0.4 is 5.73 Å². The fraction of sp³-hybridized carbons (Fsp3) is 0.474. The van der Waals surface area contributed by atoms with E-state index in [-0.39, 0.29) is 6.04 Å². The summed E-state index contributed by atoms with van der Waals surface area (Å²) >= 11 is 0. The van der Waals surface area contributed by atoms with Gasteiger partial charge < -0.3 is 10.6 Å². The van der Waals surface area contributed by atoms with Gasteiger partial charge in [-0.25, -0.2) is 0 Å². The number of likely N-dealkylation sites (tertiary alicyclic amines) is 1. The van der Waals surface area contributed by atoms with E-state index >= 15 is 0 Å². The highest BCUT2D eigenvalue weighted by molar-refractivity contribution is 5.83. The fourth-order valence-corrected chi connectivity index (χ4v) is 4.30. The average Bonchev–Trinajstić information content (AvgIpc) is 3.08. The molecule has 4 rings (SSSR count). The molecule has 2 nitrogen and oxygen atoms in total. The standard InChI is InChI=1S/C19H24N2/c20-19(13-21-11-17-6-3-7-18(17)12-21)16-9-8-14-4-1-2-5-15(14)10-16/h1-2,4-5,8-10,17-19H,3,6-7,11-13,20H2. The lowest BCUT2D eigenvalue weighted by molar-refractivity contribution is 0.292. The van der Waals surface area contributed by atoms with Crippen LogP contribution in [0.15, 0.2) is 42.5 Å². The van der Waals surface area contributed by atoms with Gasteiger partial charge in [-0.15, -0.1) is 0 Å². The molecule has 1 saturated heterocycles.